The molecule has 2 heterocycles. The Balaban J connectivity index is 2.00. The largest absolute Gasteiger partial charge is 0.375 e. The summed E-state index contributed by atoms with van der Waals surface area (Å²) in [5, 5.41) is 0. The molecule has 0 unspecified atom stereocenters. The van der Waals surface area contributed by atoms with Gasteiger partial charge in [0.1, 0.15) is 5.60 Å². The summed E-state index contributed by atoms with van der Waals surface area (Å²) in [6.45, 7) is 2.63. The van der Waals surface area contributed by atoms with Crippen LogP contribution in [0.1, 0.15) is 6.42 Å². The Morgan fingerprint density at radius 2 is 2.00 bits per heavy atom. The summed E-state index contributed by atoms with van der Waals surface area (Å²) in [7, 11) is 0. The van der Waals surface area contributed by atoms with Gasteiger partial charge in [0.2, 0.25) is 0 Å². The molecule has 0 saturated carbocycles. The van der Waals surface area contributed by atoms with Crippen LogP contribution in [-0.2, 0) is 9.47 Å². The third-order valence-corrected chi connectivity index (χ3v) is 1.70. The van der Waals surface area contributed by atoms with Gasteiger partial charge in [0, 0.05) is 6.42 Å². The molecule has 0 atom stereocenters. The number of hydrogen-bond acceptors (Lipinski definition) is 2. The second kappa shape index (κ2) is 1.01. The number of ether oxygens (including phenoxy) is 2. The van der Waals surface area contributed by atoms with Crippen LogP contribution in [0.5, 0.6) is 0 Å². The Morgan fingerprint density at radius 3 is 2.00 bits per heavy atom. The van der Waals surface area contributed by atoms with Gasteiger partial charge in [-0.3, -0.25) is 0 Å². The van der Waals surface area contributed by atoms with Crippen LogP contribution in [0.4, 0.5) is 0 Å². The summed E-state index contributed by atoms with van der Waals surface area (Å²) < 4.78 is 10.2. The van der Waals surface area contributed by atoms with Gasteiger partial charge in [-0.2, -0.15) is 0 Å². The second-order valence-corrected chi connectivity index (χ2v) is 2.27. The molecule has 0 radical (unpaired) electrons. The zero-order valence-corrected chi connectivity index (χ0v) is 4.14. The monoisotopic (exact) mass is 100 g/mol. The first kappa shape index (κ1) is 3.87. The molecule has 0 aromatic rings. The van der Waals surface area contributed by atoms with E-state index in [0.29, 0.717) is 0 Å². The van der Waals surface area contributed by atoms with Gasteiger partial charge in [0.05, 0.1) is 19.8 Å². The van der Waals surface area contributed by atoms with Gasteiger partial charge >= 0.3 is 0 Å². The zero-order chi connectivity index (χ0) is 4.74. The molecule has 2 saturated heterocycles. The van der Waals surface area contributed by atoms with Crippen molar-refractivity contribution < 1.29 is 9.47 Å². The topological polar surface area (TPSA) is 18.5 Å². The summed E-state index contributed by atoms with van der Waals surface area (Å²) in [6, 6.07) is 0. The van der Waals surface area contributed by atoms with Crippen molar-refractivity contribution in [2.24, 2.45) is 0 Å². The van der Waals surface area contributed by atoms with Crippen LogP contribution < -0.4 is 0 Å². The lowest BCUT2D eigenvalue weighted by molar-refractivity contribution is -0.272. The van der Waals surface area contributed by atoms with Crippen molar-refractivity contribution in [2.45, 2.75) is 12.0 Å². The van der Waals surface area contributed by atoms with E-state index in [4.69, 9.17) is 9.47 Å². The minimum atomic E-state index is 0.222. The first-order valence-corrected chi connectivity index (χ1v) is 2.63. The lowest BCUT2D eigenvalue weighted by atomic mass is 9.93. The molecule has 7 heavy (non-hydrogen) atoms. The van der Waals surface area contributed by atoms with Gasteiger partial charge in [0.15, 0.2) is 0 Å². The van der Waals surface area contributed by atoms with Crippen molar-refractivity contribution in [3.63, 3.8) is 0 Å². The highest BCUT2D eigenvalue weighted by molar-refractivity contribution is 4.93. The van der Waals surface area contributed by atoms with E-state index in [1.807, 2.05) is 0 Å². The quantitative estimate of drug-likeness (QED) is 0.432. The molecule has 0 amide bonds. The van der Waals surface area contributed by atoms with Crippen molar-refractivity contribution in [2.75, 3.05) is 19.8 Å². The highest BCUT2D eigenvalue weighted by atomic mass is 16.6. The fourth-order valence-electron chi connectivity index (χ4n) is 0.948. The van der Waals surface area contributed by atoms with Crippen LogP contribution >= 0.6 is 0 Å². The lowest BCUT2D eigenvalue weighted by Crippen LogP contribution is -2.59. The van der Waals surface area contributed by atoms with Crippen LogP contribution in [0.2, 0.25) is 0 Å². The first-order valence-electron chi connectivity index (χ1n) is 2.63. The maximum atomic E-state index is 5.23. The van der Waals surface area contributed by atoms with E-state index in [-0.39, 0.29) is 5.60 Å². The third kappa shape index (κ3) is 0.359. The maximum absolute atomic E-state index is 5.23. The zero-order valence-electron chi connectivity index (χ0n) is 4.14. The summed E-state index contributed by atoms with van der Waals surface area (Å²) in [5.74, 6) is 0. The summed E-state index contributed by atoms with van der Waals surface area (Å²) in [6.07, 6.45) is 1.22. The molecule has 0 aromatic heterocycles. The third-order valence-electron chi connectivity index (χ3n) is 1.70. The van der Waals surface area contributed by atoms with Crippen molar-refractivity contribution in [3.05, 3.63) is 0 Å². The fourth-order valence-corrected chi connectivity index (χ4v) is 0.948. The minimum Gasteiger partial charge on any atom is -0.375 e. The molecule has 0 aromatic carbocycles. The van der Waals surface area contributed by atoms with Gasteiger partial charge in [-0.25, -0.2) is 0 Å². The van der Waals surface area contributed by atoms with E-state index in [9.17, 15) is 0 Å². The first-order chi connectivity index (χ1) is 3.41. The highest BCUT2D eigenvalue weighted by Crippen LogP contribution is 2.33. The van der Waals surface area contributed by atoms with Gasteiger partial charge in [0.25, 0.3) is 0 Å². The molecule has 2 rings (SSSR count). The maximum Gasteiger partial charge on any atom is 0.117 e. The smallest absolute Gasteiger partial charge is 0.117 e. The molecule has 40 valence electrons. The molecule has 0 aliphatic carbocycles. The van der Waals surface area contributed by atoms with E-state index in [2.05, 4.69) is 0 Å². The summed E-state index contributed by atoms with van der Waals surface area (Å²) >= 11 is 0. The molecular weight excluding hydrogens is 92.1 g/mol. The molecule has 2 heteroatoms. The SMILES string of the molecule is C1CC2(COC2)O1. The summed E-state index contributed by atoms with van der Waals surface area (Å²) in [4.78, 5) is 0. The Kier molecular flexibility index (Phi) is 0.557. The van der Waals surface area contributed by atoms with Gasteiger partial charge in [-0.1, -0.05) is 0 Å². The van der Waals surface area contributed by atoms with Gasteiger partial charge in [-0.05, 0) is 0 Å². The Bertz CT molecular complexity index is 66.6. The number of hydrogen-bond donors (Lipinski definition) is 0. The molecule has 2 aliphatic rings. The van der Waals surface area contributed by atoms with Crippen LogP contribution in [-0.4, -0.2) is 25.4 Å². The Labute approximate surface area is 42.4 Å². The molecule has 2 nitrogen and oxygen atoms in total. The van der Waals surface area contributed by atoms with Crippen molar-refractivity contribution in [1.29, 1.82) is 0 Å². The van der Waals surface area contributed by atoms with E-state index in [1.54, 1.807) is 0 Å². The van der Waals surface area contributed by atoms with Gasteiger partial charge < -0.3 is 9.47 Å². The molecular formula is C5H8O2. The minimum absolute atomic E-state index is 0.222. The molecule has 1 spiro atoms. The standard InChI is InChI=1S/C5H8O2/c1-2-7-5(1)3-6-4-5/h1-4H2. The average molecular weight is 100 g/mol. The second-order valence-electron chi connectivity index (χ2n) is 2.27. The van der Waals surface area contributed by atoms with E-state index >= 15 is 0 Å². The molecule has 2 fully saturated rings. The van der Waals surface area contributed by atoms with Crippen molar-refractivity contribution >= 4 is 0 Å². The Hall–Kier alpha value is -0.0800. The Morgan fingerprint density at radius 1 is 1.29 bits per heavy atom. The highest BCUT2D eigenvalue weighted by Gasteiger charge is 2.45. The van der Waals surface area contributed by atoms with E-state index in [0.717, 1.165) is 19.8 Å². The normalized spacial score (nSPS) is 34.3. The van der Waals surface area contributed by atoms with E-state index in [1.165, 1.54) is 6.42 Å². The van der Waals surface area contributed by atoms with Gasteiger partial charge in [-0.15, -0.1) is 0 Å². The van der Waals surface area contributed by atoms with Crippen LogP contribution in [0, 0.1) is 0 Å². The van der Waals surface area contributed by atoms with Crippen LogP contribution in [0.25, 0.3) is 0 Å². The summed E-state index contributed by atoms with van der Waals surface area (Å²) in [5.41, 5.74) is 0.222. The van der Waals surface area contributed by atoms with Crippen molar-refractivity contribution in [3.8, 4) is 0 Å². The number of rotatable bonds is 0. The van der Waals surface area contributed by atoms with Crippen LogP contribution in [0.3, 0.4) is 0 Å². The predicted molar refractivity (Wildman–Crippen MR) is 24.1 cm³/mol. The fraction of sp³-hybridized carbons (Fsp3) is 1.00. The van der Waals surface area contributed by atoms with Crippen LogP contribution in [0.15, 0.2) is 0 Å². The molecule has 0 bridgehead atoms. The lowest BCUT2D eigenvalue weighted by Gasteiger charge is -2.47. The predicted octanol–water partition coefficient (Wildman–Crippen LogP) is 0.176. The molecule has 0 N–H and O–H groups in total. The van der Waals surface area contributed by atoms with Crippen molar-refractivity contribution in [1.82, 2.24) is 0 Å². The average Bonchev–Trinajstić information content (AvgIpc) is 1.20. The van der Waals surface area contributed by atoms with E-state index < -0.39 is 0 Å². The molecule has 2 aliphatic heterocycles.